The van der Waals surface area contributed by atoms with Crippen LogP contribution in [0.2, 0.25) is 0 Å². The molecule has 2 N–H and O–H groups in total. The van der Waals surface area contributed by atoms with Crippen molar-refractivity contribution in [2.75, 3.05) is 6.16 Å². The number of carbonyl (C=O) groups is 2. The van der Waals surface area contributed by atoms with Crippen molar-refractivity contribution in [1.29, 1.82) is 0 Å². The molecule has 0 aromatic heterocycles. The first-order valence-corrected chi connectivity index (χ1v) is 14.1. The van der Waals surface area contributed by atoms with Crippen molar-refractivity contribution in [3.05, 3.63) is 107 Å². The molecule has 11 heteroatoms. The molecule has 0 fully saturated rings. The van der Waals surface area contributed by atoms with Gasteiger partial charge in [-0.2, -0.15) is 13.2 Å². The van der Waals surface area contributed by atoms with E-state index >= 15 is 0 Å². The van der Waals surface area contributed by atoms with E-state index in [-0.39, 0.29) is 38.0 Å². The van der Waals surface area contributed by atoms with E-state index in [4.69, 9.17) is 9.47 Å². The van der Waals surface area contributed by atoms with Gasteiger partial charge in [0.2, 0.25) is 7.37 Å². The number of aryl methyl sites for hydroxylation is 1. The number of carbonyl (C=O) groups excluding carboxylic acids is 2. The van der Waals surface area contributed by atoms with Gasteiger partial charge in [0.15, 0.2) is 0 Å². The third kappa shape index (κ3) is 10.2. The first-order valence-electron chi connectivity index (χ1n) is 12.2. The predicted octanol–water partition coefficient (Wildman–Crippen LogP) is 6.29. The fraction of sp³-hybridized carbons (Fsp3) is 0.286. The van der Waals surface area contributed by atoms with Crippen molar-refractivity contribution in [2.45, 2.75) is 44.4 Å². The second-order valence-electron chi connectivity index (χ2n) is 8.83. The zero-order valence-electron chi connectivity index (χ0n) is 21.0. The van der Waals surface area contributed by atoms with Gasteiger partial charge in [0.25, 0.3) is 0 Å². The number of alkyl carbamates (subject to hydrolysis) is 1. The second kappa shape index (κ2) is 14.0. The minimum absolute atomic E-state index is 0.0171. The lowest BCUT2D eigenvalue weighted by molar-refractivity contribution is -0.145. The van der Waals surface area contributed by atoms with Gasteiger partial charge in [-0.05, 0) is 35.6 Å². The largest absolute Gasteiger partial charge is 0.461 e. The molecule has 3 rings (SSSR count). The van der Waals surface area contributed by atoms with Gasteiger partial charge in [0, 0.05) is 12.6 Å². The summed E-state index contributed by atoms with van der Waals surface area (Å²) in [6.45, 7) is -0.0678. The van der Waals surface area contributed by atoms with Crippen molar-refractivity contribution in [3.8, 4) is 0 Å². The molecular formula is C28H29F3NO6P. The van der Waals surface area contributed by atoms with Gasteiger partial charge in [-0.3, -0.25) is 9.36 Å². The first kappa shape index (κ1) is 29.9. The van der Waals surface area contributed by atoms with Crippen molar-refractivity contribution in [1.82, 2.24) is 5.32 Å². The molecular weight excluding hydrogens is 534 g/mol. The van der Waals surface area contributed by atoms with Crippen LogP contribution in [0.4, 0.5) is 18.0 Å². The molecule has 1 amide bonds. The number of nitrogens with one attached hydrogen (secondary N) is 1. The van der Waals surface area contributed by atoms with Crippen LogP contribution in [0.25, 0.3) is 0 Å². The molecule has 3 aromatic rings. The minimum atomic E-state index is -4.55. The fourth-order valence-electron chi connectivity index (χ4n) is 3.69. The van der Waals surface area contributed by atoms with Crippen LogP contribution < -0.4 is 5.32 Å². The highest BCUT2D eigenvalue weighted by atomic mass is 31.2. The van der Waals surface area contributed by atoms with E-state index in [1.54, 1.807) is 54.6 Å². The van der Waals surface area contributed by atoms with Crippen LogP contribution in [0.5, 0.6) is 0 Å². The Labute approximate surface area is 224 Å². The molecule has 3 aromatic carbocycles. The molecule has 0 bridgehead atoms. The van der Waals surface area contributed by atoms with Crippen LogP contribution in [-0.2, 0) is 44.6 Å². The number of benzene rings is 3. The van der Waals surface area contributed by atoms with Crippen LogP contribution in [0.15, 0.2) is 84.9 Å². The lowest BCUT2D eigenvalue weighted by Crippen LogP contribution is -2.36. The van der Waals surface area contributed by atoms with Crippen molar-refractivity contribution in [3.63, 3.8) is 0 Å². The molecule has 0 aliphatic heterocycles. The number of hydrogen-bond donors (Lipinski definition) is 2. The lowest BCUT2D eigenvalue weighted by Gasteiger charge is -2.24. The summed E-state index contributed by atoms with van der Waals surface area (Å²) in [4.78, 5) is 35.6. The summed E-state index contributed by atoms with van der Waals surface area (Å²) in [7, 11) is -4.21. The third-order valence-corrected chi connectivity index (χ3v) is 8.05. The Kier molecular flexibility index (Phi) is 10.7. The number of esters is 1. The smallest absolute Gasteiger partial charge is 0.416 e. The number of alkyl halides is 3. The molecule has 0 aliphatic carbocycles. The Morgan fingerprint density at radius 2 is 1.41 bits per heavy atom. The van der Waals surface area contributed by atoms with Crippen LogP contribution in [0.1, 0.15) is 35.1 Å². The molecule has 0 radical (unpaired) electrons. The number of halogens is 3. The van der Waals surface area contributed by atoms with E-state index in [0.29, 0.717) is 5.56 Å². The predicted molar refractivity (Wildman–Crippen MR) is 139 cm³/mol. The van der Waals surface area contributed by atoms with E-state index in [1.807, 2.05) is 6.07 Å². The standard InChI is InChI=1S/C28H29F3NO6P/c29-28(30,31)24-13-7-12-21(18-24)16-17-39(35,36)25(32-27(34)38-20-23-10-5-2-6-11-23)14-15-26(33)37-19-22-8-3-1-4-9-22/h1-13,18,25H,14-17,19-20H2,(H,32,34)(H,35,36). The summed E-state index contributed by atoms with van der Waals surface area (Å²) in [6, 6.07) is 22.2. The Morgan fingerprint density at radius 3 is 2.00 bits per heavy atom. The van der Waals surface area contributed by atoms with E-state index < -0.39 is 43.1 Å². The van der Waals surface area contributed by atoms with Gasteiger partial charge in [0.1, 0.15) is 19.0 Å². The molecule has 0 heterocycles. The monoisotopic (exact) mass is 563 g/mol. The summed E-state index contributed by atoms with van der Waals surface area (Å²) in [5, 5.41) is 2.37. The average Bonchev–Trinajstić information content (AvgIpc) is 2.92. The molecule has 0 spiro atoms. The quantitative estimate of drug-likeness (QED) is 0.198. The number of hydrogen-bond acceptors (Lipinski definition) is 5. The first-order chi connectivity index (χ1) is 18.5. The molecule has 0 saturated carbocycles. The summed E-state index contributed by atoms with van der Waals surface area (Å²) in [5.74, 6) is -2.02. The van der Waals surface area contributed by atoms with Crippen LogP contribution in [0.3, 0.4) is 0 Å². The Hall–Kier alpha value is -3.62. The maximum absolute atomic E-state index is 13.3. The van der Waals surface area contributed by atoms with E-state index in [2.05, 4.69) is 5.32 Å². The van der Waals surface area contributed by atoms with Crippen LogP contribution >= 0.6 is 7.37 Å². The van der Waals surface area contributed by atoms with E-state index in [0.717, 1.165) is 17.7 Å². The van der Waals surface area contributed by atoms with Gasteiger partial charge < -0.3 is 19.7 Å². The molecule has 0 aliphatic rings. The van der Waals surface area contributed by atoms with Gasteiger partial charge in [-0.1, -0.05) is 78.9 Å². The second-order valence-corrected chi connectivity index (χ2v) is 11.4. The normalized spacial score (nSPS) is 13.6. The highest BCUT2D eigenvalue weighted by molar-refractivity contribution is 7.58. The minimum Gasteiger partial charge on any atom is -0.461 e. The van der Waals surface area contributed by atoms with Gasteiger partial charge in [0.05, 0.1) is 5.56 Å². The maximum Gasteiger partial charge on any atom is 0.416 e. The SMILES string of the molecule is O=C(CCC(NC(=O)OCc1ccccc1)P(=O)(O)CCc1cccc(C(F)(F)F)c1)OCc1ccccc1. The third-order valence-electron chi connectivity index (χ3n) is 5.82. The molecule has 208 valence electrons. The molecule has 2 atom stereocenters. The maximum atomic E-state index is 13.3. The zero-order chi connectivity index (χ0) is 28.3. The Bertz CT molecular complexity index is 1270. The van der Waals surface area contributed by atoms with Crippen LogP contribution in [-0.4, -0.2) is 28.9 Å². The summed E-state index contributed by atoms with van der Waals surface area (Å²) in [6.07, 6.45) is -6.58. The van der Waals surface area contributed by atoms with E-state index in [9.17, 15) is 32.2 Å². The highest BCUT2D eigenvalue weighted by Crippen LogP contribution is 2.47. The molecule has 39 heavy (non-hydrogen) atoms. The van der Waals surface area contributed by atoms with Crippen LogP contribution in [0, 0.1) is 0 Å². The Balaban J connectivity index is 1.64. The molecule has 7 nitrogen and oxygen atoms in total. The lowest BCUT2D eigenvalue weighted by atomic mass is 10.1. The van der Waals surface area contributed by atoms with Crippen molar-refractivity contribution < 1.29 is 41.7 Å². The fourth-order valence-corrected chi connectivity index (χ4v) is 5.42. The number of amides is 1. The van der Waals surface area contributed by atoms with Crippen molar-refractivity contribution in [2.24, 2.45) is 0 Å². The summed E-state index contributed by atoms with van der Waals surface area (Å²) >= 11 is 0. The molecule has 0 saturated heterocycles. The number of ether oxygens (including phenoxy) is 2. The van der Waals surface area contributed by atoms with Crippen molar-refractivity contribution >= 4 is 19.4 Å². The van der Waals surface area contributed by atoms with Gasteiger partial charge in [-0.25, -0.2) is 4.79 Å². The van der Waals surface area contributed by atoms with Gasteiger partial charge in [-0.15, -0.1) is 0 Å². The number of rotatable bonds is 12. The summed E-state index contributed by atoms with van der Waals surface area (Å²) < 4.78 is 62.8. The van der Waals surface area contributed by atoms with E-state index in [1.165, 1.54) is 12.1 Å². The highest BCUT2D eigenvalue weighted by Gasteiger charge is 2.34. The Morgan fingerprint density at radius 1 is 0.846 bits per heavy atom. The summed E-state index contributed by atoms with van der Waals surface area (Å²) in [5.41, 5.74) is 0.809. The topological polar surface area (TPSA) is 102 Å². The molecule has 2 unspecified atom stereocenters. The average molecular weight is 564 g/mol. The zero-order valence-corrected chi connectivity index (χ0v) is 21.9. The van der Waals surface area contributed by atoms with Gasteiger partial charge >= 0.3 is 18.2 Å².